The van der Waals surface area contributed by atoms with Crippen LogP contribution in [0.5, 0.6) is 0 Å². The number of nitrogens with zero attached hydrogens (tertiary/aromatic N) is 6. The number of aryl methyl sites for hydroxylation is 1. The molecule has 25 heavy (non-hydrogen) atoms. The average molecular weight is 348 g/mol. The van der Waals surface area contributed by atoms with Crippen LogP contribution in [0.3, 0.4) is 0 Å². The summed E-state index contributed by atoms with van der Waals surface area (Å²) in [6.45, 7) is 7.88. The summed E-state index contributed by atoms with van der Waals surface area (Å²) in [7, 11) is 3.20. The highest BCUT2D eigenvalue weighted by Crippen LogP contribution is 2.20. The molecular formula is C16H24N6O3. The number of hydrogen-bond donors (Lipinski definition) is 0. The van der Waals surface area contributed by atoms with E-state index in [4.69, 9.17) is 4.52 Å². The van der Waals surface area contributed by atoms with Gasteiger partial charge in [0.25, 0.3) is 5.56 Å². The molecule has 3 rings (SSSR count). The molecule has 0 spiro atoms. The van der Waals surface area contributed by atoms with Gasteiger partial charge in [-0.25, -0.2) is 4.79 Å². The first kappa shape index (κ1) is 17.6. The van der Waals surface area contributed by atoms with Crippen molar-refractivity contribution in [2.75, 3.05) is 26.2 Å². The summed E-state index contributed by atoms with van der Waals surface area (Å²) in [5.74, 6) is 1.28. The molecule has 0 aliphatic carbocycles. The molecule has 0 saturated carbocycles. The van der Waals surface area contributed by atoms with Crippen LogP contribution in [0, 0.1) is 6.92 Å². The fourth-order valence-electron chi connectivity index (χ4n) is 3.11. The first-order chi connectivity index (χ1) is 11.9. The van der Waals surface area contributed by atoms with Crippen molar-refractivity contribution in [2.24, 2.45) is 14.1 Å². The lowest BCUT2D eigenvalue weighted by Gasteiger charge is -2.36. The minimum Gasteiger partial charge on any atom is -0.338 e. The van der Waals surface area contributed by atoms with E-state index in [1.54, 1.807) is 7.05 Å². The van der Waals surface area contributed by atoms with Crippen molar-refractivity contribution in [3.05, 3.63) is 44.3 Å². The van der Waals surface area contributed by atoms with Gasteiger partial charge < -0.3 is 4.52 Å². The van der Waals surface area contributed by atoms with E-state index in [1.807, 2.05) is 6.92 Å². The zero-order chi connectivity index (χ0) is 18.1. The van der Waals surface area contributed by atoms with Gasteiger partial charge in [-0.05, 0) is 13.8 Å². The Hall–Kier alpha value is -2.26. The molecule has 3 heterocycles. The van der Waals surface area contributed by atoms with E-state index >= 15 is 0 Å². The monoisotopic (exact) mass is 348 g/mol. The Morgan fingerprint density at radius 3 is 2.44 bits per heavy atom. The summed E-state index contributed by atoms with van der Waals surface area (Å²) in [6.07, 6.45) is 0. The molecule has 9 nitrogen and oxygen atoms in total. The lowest BCUT2D eigenvalue weighted by atomic mass is 10.2. The summed E-state index contributed by atoms with van der Waals surface area (Å²) in [4.78, 5) is 32.7. The van der Waals surface area contributed by atoms with Gasteiger partial charge in [0, 0.05) is 58.6 Å². The quantitative estimate of drug-likeness (QED) is 0.746. The molecule has 2 aromatic rings. The summed E-state index contributed by atoms with van der Waals surface area (Å²) in [5, 5.41) is 3.85. The van der Waals surface area contributed by atoms with Gasteiger partial charge in [-0.1, -0.05) is 5.16 Å². The van der Waals surface area contributed by atoms with Crippen molar-refractivity contribution in [1.29, 1.82) is 0 Å². The van der Waals surface area contributed by atoms with E-state index < -0.39 is 0 Å². The normalized spacial score (nSPS) is 17.8. The van der Waals surface area contributed by atoms with Gasteiger partial charge in [-0.2, -0.15) is 4.98 Å². The van der Waals surface area contributed by atoms with E-state index in [-0.39, 0.29) is 17.3 Å². The smallest absolute Gasteiger partial charge is 0.330 e. The highest BCUT2D eigenvalue weighted by molar-refractivity contribution is 5.02. The SMILES string of the molecule is Cc1noc([C@@H](C)N2CCN(Cc3cc(=O)n(C)c(=O)n3C)CC2)n1. The molecule has 0 unspecified atom stereocenters. The predicted molar refractivity (Wildman–Crippen MR) is 91.2 cm³/mol. The first-order valence-corrected chi connectivity index (χ1v) is 8.39. The number of hydrogen-bond acceptors (Lipinski definition) is 7. The van der Waals surface area contributed by atoms with Gasteiger partial charge in [0.1, 0.15) is 0 Å². The molecule has 2 aromatic heterocycles. The van der Waals surface area contributed by atoms with Crippen molar-refractivity contribution in [2.45, 2.75) is 26.4 Å². The number of aromatic nitrogens is 4. The fraction of sp³-hybridized carbons (Fsp3) is 0.625. The molecule has 1 aliphatic rings. The van der Waals surface area contributed by atoms with Crippen LogP contribution in [0.2, 0.25) is 0 Å². The average Bonchev–Trinajstić information content (AvgIpc) is 3.04. The van der Waals surface area contributed by atoms with Gasteiger partial charge in [0.15, 0.2) is 5.82 Å². The van der Waals surface area contributed by atoms with Gasteiger partial charge in [-0.3, -0.25) is 23.7 Å². The maximum absolute atomic E-state index is 12.0. The molecule has 0 aromatic carbocycles. The summed E-state index contributed by atoms with van der Waals surface area (Å²) in [6, 6.07) is 1.62. The van der Waals surface area contributed by atoms with Crippen molar-refractivity contribution < 1.29 is 4.52 Å². The molecule has 0 N–H and O–H groups in total. The van der Waals surface area contributed by atoms with E-state index in [0.29, 0.717) is 18.3 Å². The van der Waals surface area contributed by atoms with Crippen LogP contribution in [0.25, 0.3) is 0 Å². The third-order valence-corrected chi connectivity index (χ3v) is 4.87. The maximum atomic E-state index is 12.0. The van der Waals surface area contributed by atoms with E-state index in [2.05, 4.69) is 26.9 Å². The second-order valence-electron chi connectivity index (χ2n) is 6.54. The van der Waals surface area contributed by atoms with Gasteiger partial charge >= 0.3 is 5.69 Å². The number of piperazine rings is 1. The van der Waals surface area contributed by atoms with Gasteiger partial charge in [-0.15, -0.1) is 0 Å². The fourth-order valence-corrected chi connectivity index (χ4v) is 3.11. The highest BCUT2D eigenvalue weighted by Gasteiger charge is 2.25. The molecule has 136 valence electrons. The van der Waals surface area contributed by atoms with Crippen LogP contribution in [-0.4, -0.2) is 55.3 Å². The molecule has 1 saturated heterocycles. The Morgan fingerprint density at radius 1 is 1.16 bits per heavy atom. The Kier molecular flexibility index (Phi) is 4.87. The van der Waals surface area contributed by atoms with Crippen molar-refractivity contribution in [3.8, 4) is 0 Å². The Labute approximate surface area is 145 Å². The third-order valence-electron chi connectivity index (χ3n) is 4.87. The minimum atomic E-state index is -0.290. The largest absolute Gasteiger partial charge is 0.338 e. The first-order valence-electron chi connectivity index (χ1n) is 8.39. The van der Waals surface area contributed by atoms with E-state index in [0.717, 1.165) is 36.4 Å². The van der Waals surface area contributed by atoms with E-state index in [9.17, 15) is 9.59 Å². The summed E-state index contributed by atoms with van der Waals surface area (Å²) >= 11 is 0. The summed E-state index contributed by atoms with van der Waals surface area (Å²) in [5.41, 5.74) is 0.181. The van der Waals surface area contributed by atoms with Gasteiger partial charge in [0.2, 0.25) is 5.89 Å². The molecule has 9 heteroatoms. The van der Waals surface area contributed by atoms with Gasteiger partial charge in [0.05, 0.1) is 6.04 Å². The van der Waals surface area contributed by atoms with Crippen LogP contribution in [-0.2, 0) is 20.6 Å². The minimum absolute atomic E-state index is 0.0803. The van der Waals surface area contributed by atoms with Crippen molar-refractivity contribution in [1.82, 2.24) is 29.1 Å². The highest BCUT2D eigenvalue weighted by atomic mass is 16.5. The molecule has 0 amide bonds. The predicted octanol–water partition coefficient (Wildman–Crippen LogP) is -0.346. The topological polar surface area (TPSA) is 89.4 Å². The molecule has 1 aliphatic heterocycles. The second kappa shape index (κ2) is 6.93. The van der Waals surface area contributed by atoms with Crippen LogP contribution < -0.4 is 11.2 Å². The zero-order valence-corrected chi connectivity index (χ0v) is 15.1. The molecule has 0 bridgehead atoms. The maximum Gasteiger partial charge on any atom is 0.330 e. The Balaban J connectivity index is 1.63. The third kappa shape index (κ3) is 3.57. The molecule has 1 fully saturated rings. The lowest BCUT2D eigenvalue weighted by Crippen LogP contribution is -2.47. The molecular weight excluding hydrogens is 324 g/mol. The van der Waals surface area contributed by atoms with Crippen LogP contribution >= 0.6 is 0 Å². The summed E-state index contributed by atoms with van der Waals surface area (Å²) < 4.78 is 7.92. The Morgan fingerprint density at radius 2 is 1.84 bits per heavy atom. The standard InChI is InChI=1S/C16H24N6O3/c1-11(15-17-12(2)18-25-15)22-7-5-21(6-8-22)10-13-9-14(23)20(4)16(24)19(13)3/h9,11H,5-8,10H2,1-4H3/t11-/m1/s1. The van der Waals surface area contributed by atoms with Crippen molar-refractivity contribution >= 4 is 0 Å². The Bertz CT molecular complexity index is 859. The van der Waals surface area contributed by atoms with Crippen molar-refractivity contribution in [3.63, 3.8) is 0 Å². The zero-order valence-electron chi connectivity index (χ0n) is 15.1. The molecule has 1 atom stereocenters. The second-order valence-corrected chi connectivity index (χ2v) is 6.54. The van der Waals surface area contributed by atoms with E-state index in [1.165, 1.54) is 17.7 Å². The van der Waals surface area contributed by atoms with Crippen LogP contribution in [0.15, 0.2) is 20.2 Å². The lowest BCUT2D eigenvalue weighted by molar-refractivity contribution is 0.0831. The molecule has 0 radical (unpaired) electrons. The van der Waals surface area contributed by atoms with Crippen LogP contribution in [0.1, 0.15) is 30.4 Å². The van der Waals surface area contributed by atoms with Crippen LogP contribution in [0.4, 0.5) is 0 Å². The number of rotatable bonds is 4.